The van der Waals surface area contributed by atoms with E-state index in [-0.39, 0.29) is 19.1 Å². The number of rotatable bonds is 4. The van der Waals surface area contributed by atoms with Gasteiger partial charge in [0.2, 0.25) is 0 Å². The molecule has 0 unspecified atom stereocenters. The van der Waals surface area contributed by atoms with Crippen molar-refractivity contribution in [2.75, 3.05) is 37.0 Å². The van der Waals surface area contributed by atoms with Gasteiger partial charge in [-0.3, -0.25) is 4.79 Å². The van der Waals surface area contributed by atoms with Crippen molar-refractivity contribution in [3.8, 4) is 5.75 Å². The molecule has 2 rings (SSSR count). The first-order chi connectivity index (χ1) is 8.20. The number of aliphatic hydroxyl groups excluding tert-OH is 1. The average Bonchev–Trinajstić information content (AvgIpc) is 2.35. The van der Waals surface area contributed by atoms with E-state index in [4.69, 9.17) is 9.84 Å². The van der Waals surface area contributed by atoms with Crippen LogP contribution < -0.4 is 15.0 Å². The second-order valence-corrected chi connectivity index (χ2v) is 4.02. The fourth-order valence-corrected chi connectivity index (χ4v) is 1.75. The number of nitrogens with one attached hydrogen (secondary N) is 1. The summed E-state index contributed by atoms with van der Waals surface area (Å²) in [6.45, 7) is 1.02. The van der Waals surface area contributed by atoms with E-state index in [1.54, 1.807) is 0 Å². The summed E-state index contributed by atoms with van der Waals surface area (Å²) in [4.78, 5) is 13.2. The number of benzene rings is 1. The molecule has 92 valence electrons. The first kappa shape index (κ1) is 11.7. The van der Waals surface area contributed by atoms with Gasteiger partial charge in [-0.2, -0.15) is 0 Å². The van der Waals surface area contributed by atoms with Gasteiger partial charge in [-0.1, -0.05) is 0 Å². The van der Waals surface area contributed by atoms with Gasteiger partial charge < -0.3 is 20.1 Å². The van der Waals surface area contributed by atoms with Crippen molar-refractivity contribution in [1.82, 2.24) is 0 Å². The Labute approximate surface area is 100.0 Å². The van der Waals surface area contributed by atoms with Gasteiger partial charge in [0.25, 0.3) is 5.91 Å². The van der Waals surface area contributed by atoms with Gasteiger partial charge in [-0.15, -0.1) is 0 Å². The first-order valence-electron chi connectivity index (χ1n) is 5.59. The Kier molecular flexibility index (Phi) is 3.49. The molecule has 2 N–H and O–H groups in total. The number of hydrogen-bond acceptors (Lipinski definition) is 4. The van der Waals surface area contributed by atoms with E-state index in [1.165, 1.54) is 0 Å². The van der Waals surface area contributed by atoms with Crippen molar-refractivity contribution in [1.29, 1.82) is 0 Å². The summed E-state index contributed by atoms with van der Waals surface area (Å²) in [5, 5.41) is 11.6. The summed E-state index contributed by atoms with van der Waals surface area (Å²) >= 11 is 0. The van der Waals surface area contributed by atoms with E-state index in [0.29, 0.717) is 11.4 Å². The zero-order chi connectivity index (χ0) is 12.3. The summed E-state index contributed by atoms with van der Waals surface area (Å²) in [7, 11) is 1.95. The monoisotopic (exact) mass is 236 g/mol. The Bertz CT molecular complexity index is 420. The van der Waals surface area contributed by atoms with Crippen molar-refractivity contribution in [2.24, 2.45) is 0 Å². The maximum absolute atomic E-state index is 11.2. The Hall–Kier alpha value is -1.75. The quantitative estimate of drug-likeness (QED) is 0.813. The summed E-state index contributed by atoms with van der Waals surface area (Å²) in [6, 6.07) is 5.66. The van der Waals surface area contributed by atoms with Crippen LogP contribution in [0.15, 0.2) is 18.2 Å². The molecule has 0 aliphatic carbocycles. The third kappa shape index (κ3) is 2.68. The van der Waals surface area contributed by atoms with E-state index < -0.39 is 0 Å². The number of ether oxygens (including phenoxy) is 1. The van der Waals surface area contributed by atoms with Crippen LogP contribution in [0.25, 0.3) is 0 Å². The zero-order valence-electron chi connectivity index (χ0n) is 9.77. The maximum Gasteiger partial charge on any atom is 0.262 e. The van der Waals surface area contributed by atoms with Crippen molar-refractivity contribution in [3.63, 3.8) is 0 Å². The Morgan fingerprint density at radius 3 is 3.12 bits per heavy atom. The highest BCUT2D eigenvalue weighted by molar-refractivity contribution is 5.96. The van der Waals surface area contributed by atoms with Gasteiger partial charge in [0.05, 0.1) is 5.69 Å². The van der Waals surface area contributed by atoms with Gasteiger partial charge in [0.1, 0.15) is 5.75 Å². The average molecular weight is 236 g/mol. The van der Waals surface area contributed by atoms with Crippen LogP contribution >= 0.6 is 0 Å². The lowest BCUT2D eigenvalue weighted by Crippen LogP contribution is -2.26. The number of anilines is 2. The fraction of sp³-hybridized carbons (Fsp3) is 0.417. The van der Waals surface area contributed by atoms with Crippen LogP contribution in [0.4, 0.5) is 11.4 Å². The Morgan fingerprint density at radius 1 is 1.53 bits per heavy atom. The highest BCUT2D eigenvalue weighted by Crippen LogP contribution is 2.31. The topological polar surface area (TPSA) is 61.8 Å². The number of carbonyl (C=O) groups excluding carboxylic acids is 1. The minimum absolute atomic E-state index is 0.0761. The third-order valence-corrected chi connectivity index (χ3v) is 2.69. The largest absolute Gasteiger partial charge is 0.482 e. The zero-order valence-corrected chi connectivity index (χ0v) is 9.77. The lowest BCUT2D eigenvalue weighted by atomic mass is 10.2. The molecular weight excluding hydrogens is 220 g/mol. The normalized spacial score (nSPS) is 13.6. The standard InChI is InChI=1S/C12H16N2O3/c1-14(5-2-6-15)9-3-4-11-10(7-9)13-12(16)8-17-11/h3-4,7,15H,2,5-6,8H2,1H3,(H,13,16). The van der Waals surface area contributed by atoms with Gasteiger partial charge in [0.15, 0.2) is 6.61 Å². The number of hydrogen-bond donors (Lipinski definition) is 2. The smallest absolute Gasteiger partial charge is 0.262 e. The predicted octanol–water partition coefficient (Wildman–Crippen LogP) is 0.836. The summed E-state index contributed by atoms with van der Waals surface area (Å²) in [5.41, 5.74) is 1.69. The number of carbonyl (C=O) groups is 1. The first-order valence-corrected chi connectivity index (χ1v) is 5.59. The van der Waals surface area contributed by atoms with Crippen molar-refractivity contribution in [2.45, 2.75) is 6.42 Å². The minimum atomic E-state index is -0.132. The minimum Gasteiger partial charge on any atom is -0.482 e. The molecule has 0 spiro atoms. The van der Waals surface area contributed by atoms with E-state index >= 15 is 0 Å². The maximum atomic E-state index is 11.2. The van der Waals surface area contributed by atoms with Crippen molar-refractivity contribution >= 4 is 17.3 Å². The molecule has 0 aromatic heterocycles. The summed E-state index contributed by atoms with van der Waals surface area (Å²) < 4.78 is 5.28. The second-order valence-electron chi connectivity index (χ2n) is 4.02. The lowest BCUT2D eigenvalue weighted by Gasteiger charge is -2.23. The molecule has 1 aliphatic heterocycles. The van der Waals surface area contributed by atoms with Crippen molar-refractivity contribution in [3.05, 3.63) is 18.2 Å². The number of nitrogens with zero attached hydrogens (tertiary/aromatic N) is 1. The molecule has 17 heavy (non-hydrogen) atoms. The molecule has 0 radical (unpaired) electrons. The van der Waals surface area contributed by atoms with Gasteiger partial charge in [-0.05, 0) is 24.6 Å². The SMILES string of the molecule is CN(CCCO)c1ccc2c(c1)NC(=O)CO2. The van der Waals surface area contributed by atoms with E-state index in [2.05, 4.69) is 5.32 Å². The van der Waals surface area contributed by atoms with Crippen LogP contribution in [0, 0.1) is 0 Å². The lowest BCUT2D eigenvalue weighted by molar-refractivity contribution is -0.118. The molecule has 0 bridgehead atoms. The van der Waals surface area contributed by atoms with Gasteiger partial charge in [-0.25, -0.2) is 0 Å². The number of amides is 1. The predicted molar refractivity (Wildman–Crippen MR) is 65.5 cm³/mol. The van der Waals surface area contributed by atoms with E-state index in [1.807, 2.05) is 30.1 Å². The van der Waals surface area contributed by atoms with Crippen LogP contribution in [0.5, 0.6) is 5.75 Å². The molecule has 0 fully saturated rings. The second kappa shape index (κ2) is 5.05. The Morgan fingerprint density at radius 2 is 2.35 bits per heavy atom. The summed E-state index contributed by atoms with van der Waals surface area (Å²) in [5.74, 6) is 0.566. The van der Waals surface area contributed by atoms with Crippen LogP contribution in [0.2, 0.25) is 0 Å². The number of aliphatic hydroxyl groups is 1. The van der Waals surface area contributed by atoms with Gasteiger partial charge >= 0.3 is 0 Å². The van der Waals surface area contributed by atoms with Crippen LogP contribution in [0.1, 0.15) is 6.42 Å². The molecule has 5 nitrogen and oxygen atoms in total. The highest BCUT2D eigenvalue weighted by Gasteiger charge is 2.16. The molecule has 5 heteroatoms. The summed E-state index contributed by atoms with van der Waals surface area (Å²) in [6.07, 6.45) is 0.719. The number of fused-ring (bicyclic) bond motifs is 1. The molecule has 1 amide bonds. The molecule has 1 aliphatic rings. The van der Waals surface area contributed by atoms with E-state index in [9.17, 15) is 4.79 Å². The third-order valence-electron chi connectivity index (χ3n) is 2.69. The molecule has 0 saturated carbocycles. The molecule has 1 aromatic rings. The van der Waals surface area contributed by atoms with Gasteiger partial charge in [0, 0.05) is 25.9 Å². The Balaban J connectivity index is 2.14. The molecular formula is C12H16N2O3. The fourth-order valence-electron chi connectivity index (χ4n) is 1.75. The van der Waals surface area contributed by atoms with Crippen molar-refractivity contribution < 1.29 is 14.6 Å². The van der Waals surface area contributed by atoms with Crippen LogP contribution in [-0.4, -0.2) is 37.8 Å². The molecule has 1 heterocycles. The molecule has 0 atom stereocenters. The van der Waals surface area contributed by atoms with Crippen LogP contribution in [-0.2, 0) is 4.79 Å². The van der Waals surface area contributed by atoms with E-state index in [0.717, 1.165) is 18.7 Å². The van der Waals surface area contributed by atoms with Crippen LogP contribution in [0.3, 0.4) is 0 Å². The molecule has 1 aromatic carbocycles. The molecule has 0 saturated heterocycles. The highest BCUT2D eigenvalue weighted by atomic mass is 16.5.